The van der Waals surface area contributed by atoms with Crippen LogP contribution in [0.15, 0.2) is 42.5 Å². The highest BCUT2D eigenvalue weighted by atomic mass is 16.5. The van der Waals surface area contributed by atoms with Gasteiger partial charge in [-0.15, -0.1) is 0 Å². The van der Waals surface area contributed by atoms with Gasteiger partial charge in [-0.2, -0.15) is 0 Å². The van der Waals surface area contributed by atoms with Crippen molar-refractivity contribution in [3.8, 4) is 11.5 Å². The van der Waals surface area contributed by atoms with Crippen molar-refractivity contribution in [2.24, 2.45) is 0 Å². The first-order chi connectivity index (χ1) is 13.5. The topological polar surface area (TPSA) is 67.9 Å². The second kappa shape index (κ2) is 8.78. The summed E-state index contributed by atoms with van der Waals surface area (Å²) in [4.78, 5) is 26.6. The number of amides is 2. The molecule has 1 N–H and O–H groups in total. The number of nitrogens with one attached hydrogen (secondary N) is 1. The van der Waals surface area contributed by atoms with Gasteiger partial charge in [-0.1, -0.05) is 18.2 Å². The van der Waals surface area contributed by atoms with E-state index in [4.69, 9.17) is 9.47 Å². The quantitative estimate of drug-likeness (QED) is 0.762. The SMILES string of the molecule is CNC(=O)c1ccc(CN(C(=O)Cc2ccc(OC)c(OC)c2)C2CC2)cc1. The molecule has 148 valence electrons. The van der Waals surface area contributed by atoms with Gasteiger partial charge in [-0.05, 0) is 48.2 Å². The van der Waals surface area contributed by atoms with Gasteiger partial charge in [0, 0.05) is 25.2 Å². The molecule has 2 amide bonds. The summed E-state index contributed by atoms with van der Waals surface area (Å²) >= 11 is 0. The van der Waals surface area contributed by atoms with Crippen molar-refractivity contribution in [2.45, 2.75) is 31.8 Å². The van der Waals surface area contributed by atoms with Gasteiger partial charge >= 0.3 is 0 Å². The lowest BCUT2D eigenvalue weighted by Gasteiger charge is -2.23. The second-order valence-electron chi connectivity index (χ2n) is 6.89. The van der Waals surface area contributed by atoms with Crippen LogP contribution in [0.3, 0.4) is 0 Å². The summed E-state index contributed by atoms with van der Waals surface area (Å²) < 4.78 is 10.6. The summed E-state index contributed by atoms with van der Waals surface area (Å²) in [5, 5.41) is 2.61. The van der Waals surface area contributed by atoms with Gasteiger partial charge in [0.1, 0.15) is 0 Å². The summed E-state index contributed by atoms with van der Waals surface area (Å²) in [5.41, 5.74) is 2.52. The van der Waals surface area contributed by atoms with E-state index in [1.807, 2.05) is 35.2 Å². The fraction of sp³-hybridized carbons (Fsp3) is 0.364. The van der Waals surface area contributed by atoms with Crippen LogP contribution in [0.5, 0.6) is 11.5 Å². The van der Waals surface area contributed by atoms with Crippen molar-refractivity contribution in [1.82, 2.24) is 10.2 Å². The molecule has 1 aliphatic rings. The Balaban J connectivity index is 1.70. The molecule has 6 heteroatoms. The van der Waals surface area contributed by atoms with Crippen molar-refractivity contribution in [2.75, 3.05) is 21.3 Å². The highest BCUT2D eigenvalue weighted by Crippen LogP contribution is 2.31. The molecule has 0 unspecified atom stereocenters. The second-order valence-corrected chi connectivity index (χ2v) is 6.89. The molecule has 2 aromatic carbocycles. The minimum absolute atomic E-state index is 0.0881. The fourth-order valence-electron chi connectivity index (χ4n) is 3.18. The molecule has 28 heavy (non-hydrogen) atoms. The highest BCUT2D eigenvalue weighted by molar-refractivity contribution is 5.93. The lowest BCUT2D eigenvalue weighted by molar-refractivity contribution is -0.131. The molecule has 0 radical (unpaired) electrons. The maximum Gasteiger partial charge on any atom is 0.251 e. The van der Waals surface area contributed by atoms with Crippen LogP contribution in [-0.2, 0) is 17.8 Å². The molecule has 0 spiro atoms. The van der Waals surface area contributed by atoms with Gasteiger partial charge in [-0.3, -0.25) is 9.59 Å². The monoisotopic (exact) mass is 382 g/mol. The first-order valence-electron chi connectivity index (χ1n) is 9.37. The van der Waals surface area contributed by atoms with Gasteiger partial charge in [0.25, 0.3) is 5.91 Å². The molecule has 0 aliphatic heterocycles. The van der Waals surface area contributed by atoms with Gasteiger partial charge in [0.05, 0.1) is 20.6 Å². The summed E-state index contributed by atoms with van der Waals surface area (Å²) in [6.45, 7) is 0.546. The first kappa shape index (κ1) is 19.7. The number of methoxy groups -OCH3 is 2. The molecular weight excluding hydrogens is 356 g/mol. The molecule has 1 saturated carbocycles. The van der Waals surface area contributed by atoms with Crippen molar-refractivity contribution in [3.63, 3.8) is 0 Å². The molecule has 6 nitrogen and oxygen atoms in total. The minimum Gasteiger partial charge on any atom is -0.493 e. The van der Waals surface area contributed by atoms with E-state index in [0.29, 0.717) is 36.1 Å². The van der Waals surface area contributed by atoms with Gasteiger partial charge < -0.3 is 19.7 Å². The Kier molecular flexibility index (Phi) is 6.19. The van der Waals surface area contributed by atoms with E-state index in [1.165, 1.54) is 0 Å². The molecular formula is C22H26N2O4. The molecule has 0 aromatic heterocycles. The Morgan fingerprint density at radius 1 is 1.00 bits per heavy atom. The number of rotatable bonds is 8. The van der Waals surface area contributed by atoms with E-state index < -0.39 is 0 Å². The predicted octanol–water partition coefficient (Wildman–Crippen LogP) is 2.80. The van der Waals surface area contributed by atoms with Crippen LogP contribution in [0.4, 0.5) is 0 Å². The number of carbonyl (C=O) groups is 2. The molecule has 2 aromatic rings. The number of carbonyl (C=O) groups excluding carboxylic acids is 2. The van der Waals surface area contributed by atoms with E-state index in [9.17, 15) is 9.59 Å². The van der Waals surface area contributed by atoms with Crippen LogP contribution in [0.2, 0.25) is 0 Å². The summed E-state index contributed by atoms with van der Waals surface area (Å²) in [7, 11) is 4.78. The number of nitrogens with zero attached hydrogens (tertiary/aromatic N) is 1. The molecule has 1 aliphatic carbocycles. The number of ether oxygens (including phenoxy) is 2. The molecule has 3 rings (SSSR count). The summed E-state index contributed by atoms with van der Waals surface area (Å²) in [6, 6.07) is 13.2. The van der Waals surface area contributed by atoms with E-state index >= 15 is 0 Å². The van der Waals surface area contributed by atoms with Crippen LogP contribution in [0, 0.1) is 0 Å². The van der Waals surface area contributed by atoms with Crippen molar-refractivity contribution in [3.05, 3.63) is 59.2 Å². The Hall–Kier alpha value is -3.02. The smallest absolute Gasteiger partial charge is 0.251 e. The molecule has 0 saturated heterocycles. The number of hydrogen-bond donors (Lipinski definition) is 1. The Morgan fingerprint density at radius 3 is 2.21 bits per heavy atom. The lowest BCUT2D eigenvalue weighted by atomic mass is 10.1. The zero-order valence-corrected chi connectivity index (χ0v) is 16.5. The van der Waals surface area contributed by atoms with Crippen molar-refractivity contribution < 1.29 is 19.1 Å². The third kappa shape index (κ3) is 4.63. The van der Waals surface area contributed by atoms with E-state index in [2.05, 4.69) is 5.32 Å². The lowest BCUT2D eigenvalue weighted by Crippen LogP contribution is -2.33. The van der Waals surface area contributed by atoms with E-state index in [1.54, 1.807) is 33.4 Å². The maximum absolute atomic E-state index is 13.0. The Labute approximate surface area is 165 Å². The Morgan fingerprint density at radius 2 is 1.64 bits per heavy atom. The predicted molar refractivity (Wildman–Crippen MR) is 107 cm³/mol. The maximum atomic E-state index is 13.0. The average Bonchev–Trinajstić information content (AvgIpc) is 3.56. The highest BCUT2D eigenvalue weighted by Gasteiger charge is 2.32. The van der Waals surface area contributed by atoms with Crippen LogP contribution >= 0.6 is 0 Å². The zero-order valence-electron chi connectivity index (χ0n) is 16.5. The van der Waals surface area contributed by atoms with Crippen LogP contribution in [0.25, 0.3) is 0 Å². The number of hydrogen-bond acceptors (Lipinski definition) is 4. The summed E-state index contributed by atoms with van der Waals surface area (Å²) in [6.07, 6.45) is 2.38. The normalized spacial score (nSPS) is 13.0. The van der Waals surface area contributed by atoms with Gasteiger partial charge in [0.2, 0.25) is 5.91 Å². The van der Waals surface area contributed by atoms with E-state index in [0.717, 1.165) is 24.0 Å². The number of benzene rings is 2. The van der Waals surface area contributed by atoms with Gasteiger partial charge in [0.15, 0.2) is 11.5 Å². The molecule has 0 atom stereocenters. The Bertz CT molecular complexity index is 844. The van der Waals surface area contributed by atoms with Crippen LogP contribution in [-0.4, -0.2) is 44.0 Å². The largest absolute Gasteiger partial charge is 0.493 e. The van der Waals surface area contributed by atoms with Crippen molar-refractivity contribution in [1.29, 1.82) is 0 Å². The summed E-state index contributed by atoms with van der Waals surface area (Å²) in [5.74, 6) is 1.24. The molecule has 1 fully saturated rings. The van der Waals surface area contributed by atoms with Gasteiger partial charge in [-0.25, -0.2) is 0 Å². The fourth-order valence-corrected chi connectivity index (χ4v) is 3.18. The van der Waals surface area contributed by atoms with Crippen molar-refractivity contribution >= 4 is 11.8 Å². The third-order valence-corrected chi connectivity index (χ3v) is 4.91. The minimum atomic E-state index is -0.116. The average molecular weight is 382 g/mol. The standard InChI is InChI=1S/C22H26N2O4/c1-23-22(26)17-7-4-15(5-8-17)14-24(18-9-10-18)21(25)13-16-6-11-19(27-2)20(12-16)28-3/h4-8,11-12,18H,9-10,13-14H2,1-3H3,(H,23,26). The van der Waals surface area contributed by atoms with E-state index in [-0.39, 0.29) is 11.8 Å². The zero-order chi connectivity index (χ0) is 20.1. The first-order valence-corrected chi connectivity index (χ1v) is 9.37. The third-order valence-electron chi connectivity index (χ3n) is 4.91. The van der Waals surface area contributed by atoms with Crippen LogP contribution in [0.1, 0.15) is 34.3 Å². The molecule has 0 bridgehead atoms. The molecule has 0 heterocycles. The van der Waals surface area contributed by atoms with Crippen LogP contribution < -0.4 is 14.8 Å².